The normalized spacial score (nSPS) is 10.8. The Hall–Kier alpha value is -0.870. The fourth-order valence-electron chi connectivity index (χ4n) is 1.09. The highest BCUT2D eigenvalue weighted by Crippen LogP contribution is 2.39. The van der Waals surface area contributed by atoms with E-state index in [0.29, 0.717) is 0 Å². The monoisotopic (exact) mass is 250 g/mol. The SMILES string of the molecule is CC(C)OP(C#Cc1ccccc1)OC(C)C. The summed E-state index contributed by atoms with van der Waals surface area (Å²) in [5, 5.41) is 0. The lowest BCUT2D eigenvalue weighted by Crippen LogP contribution is -2.03. The molecule has 0 N–H and O–H groups in total. The van der Waals surface area contributed by atoms with Crippen molar-refractivity contribution in [2.45, 2.75) is 39.9 Å². The van der Waals surface area contributed by atoms with Gasteiger partial charge in [0, 0.05) is 5.56 Å². The van der Waals surface area contributed by atoms with E-state index in [4.69, 9.17) is 9.05 Å². The molecule has 1 aromatic carbocycles. The zero-order chi connectivity index (χ0) is 12.7. The van der Waals surface area contributed by atoms with Crippen molar-refractivity contribution in [2.24, 2.45) is 0 Å². The molecule has 3 heteroatoms. The Morgan fingerprint density at radius 3 is 1.94 bits per heavy atom. The quantitative estimate of drug-likeness (QED) is 0.590. The van der Waals surface area contributed by atoms with E-state index < -0.39 is 8.38 Å². The Balaban J connectivity index is 2.68. The van der Waals surface area contributed by atoms with Crippen molar-refractivity contribution in [3.63, 3.8) is 0 Å². The van der Waals surface area contributed by atoms with Crippen LogP contribution >= 0.6 is 8.38 Å². The summed E-state index contributed by atoms with van der Waals surface area (Å²) in [7, 11) is -1.12. The van der Waals surface area contributed by atoms with Crippen molar-refractivity contribution in [3.8, 4) is 11.6 Å². The Morgan fingerprint density at radius 2 is 1.47 bits per heavy atom. The molecule has 2 nitrogen and oxygen atoms in total. The smallest absolute Gasteiger partial charge is 0.257 e. The van der Waals surface area contributed by atoms with Gasteiger partial charge < -0.3 is 9.05 Å². The van der Waals surface area contributed by atoms with Crippen LogP contribution in [-0.2, 0) is 9.05 Å². The zero-order valence-corrected chi connectivity index (χ0v) is 11.7. The van der Waals surface area contributed by atoms with Gasteiger partial charge in [0.15, 0.2) is 0 Å². The standard InChI is InChI=1S/C14H19O2P/c1-12(2)15-17(16-13(3)4)11-10-14-8-6-5-7-9-14/h5-9,12-13H,1-4H3. The van der Waals surface area contributed by atoms with Gasteiger partial charge in [-0.1, -0.05) is 24.1 Å². The average molecular weight is 250 g/mol. The molecule has 0 saturated carbocycles. The van der Waals surface area contributed by atoms with E-state index in [-0.39, 0.29) is 12.2 Å². The van der Waals surface area contributed by atoms with Crippen molar-refractivity contribution in [3.05, 3.63) is 35.9 Å². The lowest BCUT2D eigenvalue weighted by molar-refractivity contribution is 0.184. The zero-order valence-electron chi connectivity index (χ0n) is 10.8. The molecule has 0 aliphatic heterocycles. The van der Waals surface area contributed by atoms with E-state index in [1.165, 1.54) is 0 Å². The lowest BCUT2D eigenvalue weighted by Gasteiger charge is -2.16. The van der Waals surface area contributed by atoms with Gasteiger partial charge in [-0.3, -0.25) is 0 Å². The molecule has 92 valence electrons. The van der Waals surface area contributed by atoms with Gasteiger partial charge in [0.25, 0.3) is 8.38 Å². The summed E-state index contributed by atoms with van der Waals surface area (Å²) in [4.78, 5) is 0. The molecule has 1 rings (SSSR count). The van der Waals surface area contributed by atoms with Crippen LogP contribution in [0.2, 0.25) is 0 Å². The van der Waals surface area contributed by atoms with Crippen LogP contribution in [0.15, 0.2) is 30.3 Å². The van der Waals surface area contributed by atoms with Gasteiger partial charge in [-0.05, 0) is 45.5 Å². The van der Waals surface area contributed by atoms with Crippen LogP contribution in [0.5, 0.6) is 0 Å². The van der Waals surface area contributed by atoms with Crippen molar-refractivity contribution >= 4 is 8.38 Å². The predicted molar refractivity (Wildman–Crippen MR) is 72.7 cm³/mol. The van der Waals surface area contributed by atoms with E-state index in [2.05, 4.69) is 11.6 Å². The number of hydrogen-bond donors (Lipinski definition) is 0. The molecule has 0 fully saturated rings. The first-order valence-corrected chi connectivity index (χ1v) is 6.96. The molecular formula is C14H19O2P. The summed E-state index contributed by atoms with van der Waals surface area (Å²) < 4.78 is 11.3. The van der Waals surface area contributed by atoms with Crippen LogP contribution in [0.1, 0.15) is 33.3 Å². The molecule has 0 aromatic heterocycles. The van der Waals surface area contributed by atoms with E-state index in [1.807, 2.05) is 58.0 Å². The molecular weight excluding hydrogens is 231 g/mol. The lowest BCUT2D eigenvalue weighted by atomic mass is 10.2. The second-order valence-electron chi connectivity index (χ2n) is 4.17. The molecule has 0 atom stereocenters. The third-order valence-corrected chi connectivity index (χ3v) is 3.20. The Labute approximate surface area is 105 Å². The van der Waals surface area contributed by atoms with Gasteiger partial charge in [-0.25, -0.2) is 0 Å². The van der Waals surface area contributed by atoms with Crippen molar-refractivity contribution in [1.29, 1.82) is 0 Å². The average Bonchev–Trinajstić information content (AvgIpc) is 2.26. The molecule has 0 spiro atoms. The van der Waals surface area contributed by atoms with E-state index in [0.717, 1.165) is 5.56 Å². The second kappa shape index (κ2) is 7.45. The van der Waals surface area contributed by atoms with Crippen LogP contribution in [0.4, 0.5) is 0 Å². The maximum Gasteiger partial charge on any atom is 0.257 e. The molecule has 0 amide bonds. The van der Waals surface area contributed by atoms with Crippen molar-refractivity contribution in [1.82, 2.24) is 0 Å². The van der Waals surface area contributed by atoms with Crippen molar-refractivity contribution < 1.29 is 9.05 Å². The third-order valence-electron chi connectivity index (χ3n) is 1.68. The minimum Gasteiger partial charge on any atom is -0.322 e. The first kappa shape index (κ1) is 14.2. The summed E-state index contributed by atoms with van der Waals surface area (Å²) in [5.74, 6) is 3.08. The summed E-state index contributed by atoms with van der Waals surface area (Å²) >= 11 is 0. The van der Waals surface area contributed by atoms with E-state index in [9.17, 15) is 0 Å². The van der Waals surface area contributed by atoms with Crippen LogP contribution in [0.3, 0.4) is 0 Å². The molecule has 0 heterocycles. The summed E-state index contributed by atoms with van der Waals surface area (Å²) in [6.45, 7) is 7.96. The largest absolute Gasteiger partial charge is 0.322 e. The highest BCUT2D eigenvalue weighted by molar-refractivity contribution is 7.53. The third kappa shape index (κ3) is 6.44. The highest BCUT2D eigenvalue weighted by atomic mass is 31.2. The van der Waals surface area contributed by atoms with Gasteiger partial charge in [-0.2, -0.15) is 0 Å². The molecule has 1 aromatic rings. The first-order valence-electron chi connectivity index (χ1n) is 5.78. The molecule has 0 aliphatic rings. The molecule has 0 aliphatic carbocycles. The molecule has 0 saturated heterocycles. The maximum atomic E-state index is 5.65. The van der Waals surface area contributed by atoms with Gasteiger partial charge in [0.2, 0.25) is 0 Å². The van der Waals surface area contributed by atoms with Gasteiger partial charge in [0.1, 0.15) is 0 Å². The van der Waals surface area contributed by atoms with Crippen molar-refractivity contribution in [2.75, 3.05) is 0 Å². The topological polar surface area (TPSA) is 18.5 Å². The van der Waals surface area contributed by atoms with Gasteiger partial charge >= 0.3 is 0 Å². The summed E-state index contributed by atoms with van der Waals surface area (Å²) in [6.07, 6.45) is 0.259. The Morgan fingerprint density at radius 1 is 0.941 bits per heavy atom. The Kier molecular flexibility index (Phi) is 6.22. The van der Waals surface area contributed by atoms with E-state index in [1.54, 1.807) is 0 Å². The summed E-state index contributed by atoms with van der Waals surface area (Å²) in [6, 6.07) is 9.87. The minimum absolute atomic E-state index is 0.130. The fraction of sp³-hybridized carbons (Fsp3) is 0.429. The molecule has 0 bridgehead atoms. The Bertz CT molecular complexity index is 366. The summed E-state index contributed by atoms with van der Waals surface area (Å²) in [5.41, 5.74) is 4.05. The predicted octanol–water partition coefficient (Wildman–Crippen LogP) is 4.16. The first-order chi connectivity index (χ1) is 8.08. The van der Waals surface area contributed by atoms with Crippen LogP contribution in [-0.4, -0.2) is 12.2 Å². The maximum absolute atomic E-state index is 5.65. The van der Waals surface area contributed by atoms with E-state index >= 15 is 0 Å². The molecule has 0 unspecified atom stereocenters. The molecule has 17 heavy (non-hydrogen) atoms. The highest BCUT2D eigenvalue weighted by Gasteiger charge is 2.11. The fourth-order valence-corrected chi connectivity index (χ4v) is 2.23. The molecule has 0 radical (unpaired) electrons. The number of rotatable bonds is 4. The number of benzene rings is 1. The second-order valence-corrected chi connectivity index (χ2v) is 5.33. The minimum atomic E-state index is -1.12. The number of hydrogen-bond acceptors (Lipinski definition) is 2. The van der Waals surface area contributed by atoms with Crippen LogP contribution in [0.25, 0.3) is 0 Å². The van der Waals surface area contributed by atoms with Gasteiger partial charge in [-0.15, -0.1) is 0 Å². The van der Waals surface area contributed by atoms with Crippen LogP contribution in [0, 0.1) is 11.6 Å². The van der Waals surface area contributed by atoms with Crippen LogP contribution < -0.4 is 0 Å². The van der Waals surface area contributed by atoms with Gasteiger partial charge in [0.05, 0.1) is 12.2 Å².